The molecule has 0 saturated carbocycles. The first kappa shape index (κ1) is 18.4. The van der Waals surface area contributed by atoms with Gasteiger partial charge in [-0.3, -0.25) is 10.8 Å². The van der Waals surface area contributed by atoms with Gasteiger partial charge in [-0.15, -0.1) is 0 Å². The van der Waals surface area contributed by atoms with Crippen molar-refractivity contribution in [3.8, 4) is 0 Å². The van der Waals surface area contributed by atoms with Gasteiger partial charge < -0.3 is 21.4 Å². The van der Waals surface area contributed by atoms with E-state index in [2.05, 4.69) is 23.3 Å². The number of amidine groups is 1. The molecule has 2 rings (SSSR count). The van der Waals surface area contributed by atoms with Crippen LogP contribution in [0.3, 0.4) is 0 Å². The number of ether oxygens (including phenoxy) is 1. The van der Waals surface area contributed by atoms with Gasteiger partial charge in [0.2, 0.25) is 11.8 Å². The third kappa shape index (κ3) is 3.75. The summed E-state index contributed by atoms with van der Waals surface area (Å²) in [6, 6.07) is 7.74. The van der Waals surface area contributed by atoms with Crippen molar-refractivity contribution in [3.05, 3.63) is 71.4 Å². The summed E-state index contributed by atoms with van der Waals surface area (Å²) in [6.07, 6.45) is 3.02. The van der Waals surface area contributed by atoms with Gasteiger partial charge in [0.25, 0.3) is 0 Å². The third-order valence-electron chi connectivity index (χ3n) is 3.50. The maximum Gasteiger partial charge on any atom is 0.222 e. The van der Waals surface area contributed by atoms with Crippen LogP contribution in [0.2, 0.25) is 0 Å². The smallest absolute Gasteiger partial charge is 0.222 e. The van der Waals surface area contributed by atoms with E-state index in [1.165, 1.54) is 18.2 Å². The van der Waals surface area contributed by atoms with Gasteiger partial charge in [-0.25, -0.2) is 4.98 Å². The fourth-order valence-corrected chi connectivity index (χ4v) is 2.22. The highest BCUT2D eigenvalue weighted by Gasteiger charge is 2.15. The van der Waals surface area contributed by atoms with E-state index < -0.39 is 0 Å². The molecule has 0 bridgehead atoms. The second kappa shape index (κ2) is 7.75. The van der Waals surface area contributed by atoms with Crippen molar-refractivity contribution in [3.63, 3.8) is 0 Å². The lowest BCUT2D eigenvalue weighted by molar-refractivity contribution is 0.318. The van der Waals surface area contributed by atoms with Gasteiger partial charge >= 0.3 is 0 Å². The highest BCUT2D eigenvalue weighted by Crippen LogP contribution is 2.20. The lowest BCUT2D eigenvalue weighted by Crippen LogP contribution is -2.16. The summed E-state index contributed by atoms with van der Waals surface area (Å²) < 4.78 is 5.34. The van der Waals surface area contributed by atoms with Crippen LogP contribution >= 0.6 is 0 Å². The summed E-state index contributed by atoms with van der Waals surface area (Å²) in [4.78, 5) is 4.12. The van der Waals surface area contributed by atoms with E-state index in [-0.39, 0.29) is 23.4 Å². The zero-order valence-electron chi connectivity index (χ0n) is 13.9. The summed E-state index contributed by atoms with van der Waals surface area (Å²) in [7, 11) is 0. The second-order valence-corrected chi connectivity index (χ2v) is 5.12. The van der Waals surface area contributed by atoms with Gasteiger partial charge in [0.05, 0.1) is 5.69 Å². The van der Waals surface area contributed by atoms with E-state index in [0.29, 0.717) is 27.9 Å². The Bertz CT molecular complexity index is 916. The van der Waals surface area contributed by atoms with Crippen LogP contribution in [0.4, 0.5) is 5.82 Å². The average Bonchev–Trinajstić information content (AvgIpc) is 2.66. The highest BCUT2D eigenvalue weighted by molar-refractivity contribution is 6.07. The quantitative estimate of drug-likeness (QED) is 0.242. The molecule has 7 N–H and O–H groups in total. The first-order valence-electron chi connectivity index (χ1n) is 7.40. The van der Waals surface area contributed by atoms with Crippen LogP contribution in [0, 0.1) is 10.8 Å². The normalized spacial score (nSPS) is 10.8. The van der Waals surface area contributed by atoms with E-state index in [1.807, 2.05) is 0 Å². The fourth-order valence-electron chi connectivity index (χ4n) is 2.22. The van der Waals surface area contributed by atoms with E-state index >= 15 is 0 Å². The molecule has 1 aromatic carbocycles. The van der Waals surface area contributed by atoms with Gasteiger partial charge in [-0.2, -0.15) is 0 Å². The molecule has 132 valence electrons. The topological polar surface area (TPSA) is 154 Å². The SMILES string of the molecule is C=Cc1nc(N)cc(C(=N)OC(=N)c2ccc(/C(N)=N/O)cc2)c1C=C. The van der Waals surface area contributed by atoms with Crippen LogP contribution < -0.4 is 11.5 Å². The summed E-state index contributed by atoms with van der Waals surface area (Å²) in [5.74, 6) is -0.366. The van der Waals surface area contributed by atoms with E-state index in [9.17, 15) is 0 Å². The van der Waals surface area contributed by atoms with Crippen molar-refractivity contribution >= 4 is 35.6 Å². The predicted molar refractivity (Wildman–Crippen MR) is 103 cm³/mol. The maximum atomic E-state index is 8.66. The molecule has 0 aliphatic carbocycles. The van der Waals surface area contributed by atoms with Crippen molar-refractivity contribution in [2.75, 3.05) is 5.73 Å². The number of nitrogens with two attached hydrogens (primary N) is 2. The van der Waals surface area contributed by atoms with Crippen LogP contribution in [-0.2, 0) is 4.74 Å². The third-order valence-corrected chi connectivity index (χ3v) is 3.50. The molecule has 8 heteroatoms. The number of nitrogens with zero attached hydrogens (tertiary/aromatic N) is 2. The van der Waals surface area contributed by atoms with Gasteiger partial charge in [0, 0.05) is 22.3 Å². The first-order chi connectivity index (χ1) is 12.4. The van der Waals surface area contributed by atoms with Crippen molar-refractivity contribution in [1.29, 1.82) is 10.8 Å². The molecular weight excluding hydrogens is 332 g/mol. The first-order valence-corrected chi connectivity index (χ1v) is 7.40. The minimum Gasteiger partial charge on any atom is -0.421 e. The van der Waals surface area contributed by atoms with E-state index in [0.717, 1.165) is 0 Å². The number of aromatic nitrogens is 1. The van der Waals surface area contributed by atoms with Crippen molar-refractivity contribution < 1.29 is 9.94 Å². The number of hydrogen-bond donors (Lipinski definition) is 5. The average molecular weight is 350 g/mol. The molecular formula is C18H18N6O2. The molecule has 0 atom stereocenters. The Morgan fingerprint density at radius 3 is 2.27 bits per heavy atom. The lowest BCUT2D eigenvalue weighted by atomic mass is 10.1. The summed E-state index contributed by atoms with van der Waals surface area (Å²) in [5.41, 5.74) is 13.5. The molecule has 8 nitrogen and oxygen atoms in total. The van der Waals surface area contributed by atoms with Gasteiger partial charge in [0.1, 0.15) is 5.82 Å². The molecule has 2 aromatic rings. The van der Waals surface area contributed by atoms with Crippen molar-refractivity contribution in [2.45, 2.75) is 0 Å². The fraction of sp³-hybridized carbons (Fsp3) is 0. The standard InChI is InChI=1S/C18H18N6O2/c1-3-12-13(9-15(19)23-14(12)4-2)18(22)26-17(21)11-7-5-10(6-8-11)16(20)24-25/h3-9,21-22,25H,1-2H2,(H2,19,23)(H2,20,24). The van der Waals surface area contributed by atoms with E-state index in [4.69, 9.17) is 32.2 Å². The Balaban J connectivity index is 2.27. The van der Waals surface area contributed by atoms with Crippen molar-refractivity contribution in [1.82, 2.24) is 4.98 Å². The molecule has 0 saturated heterocycles. The van der Waals surface area contributed by atoms with Gasteiger partial charge in [-0.1, -0.05) is 36.5 Å². The molecule has 0 amide bonds. The Hall–Kier alpha value is -3.94. The second-order valence-electron chi connectivity index (χ2n) is 5.12. The Morgan fingerprint density at radius 1 is 1.12 bits per heavy atom. The summed E-state index contributed by atoms with van der Waals surface area (Å²) in [5, 5.41) is 27.8. The number of nitrogens with one attached hydrogen (secondary N) is 2. The monoisotopic (exact) mass is 350 g/mol. The number of hydrogen-bond acceptors (Lipinski definition) is 7. The van der Waals surface area contributed by atoms with Crippen molar-refractivity contribution in [2.24, 2.45) is 10.9 Å². The summed E-state index contributed by atoms with van der Waals surface area (Å²) >= 11 is 0. The number of oxime groups is 1. The minimum absolute atomic E-state index is 0.0448. The number of pyridine rings is 1. The minimum atomic E-state index is -0.275. The Morgan fingerprint density at radius 2 is 1.73 bits per heavy atom. The molecule has 1 heterocycles. The molecule has 26 heavy (non-hydrogen) atoms. The molecule has 0 spiro atoms. The Kier molecular flexibility index (Phi) is 5.49. The van der Waals surface area contributed by atoms with Crippen LogP contribution in [0.5, 0.6) is 0 Å². The molecule has 0 aliphatic rings. The maximum absolute atomic E-state index is 8.66. The van der Waals surface area contributed by atoms with Crippen LogP contribution in [-0.4, -0.2) is 27.8 Å². The highest BCUT2D eigenvalue weighted by atomic mass is 16.5. The zero-order chi connectivity index (χ0) is 19.3. The molecule has 1 aromatic heterocycles. The van der Waals surface area contributed by atoms with Crippen LogP contribution in [0.15, 0.2) is 48.6 Å². The van der Waals surface area contributed by atoms with Crippen LogP contribution in [0.1, 0.15) is 27.9 Å². The van der Waals surface area contributed by atoms with Gasteiger partial charge in [0.15, 0.2) is 5.84 Å². The molecule has 0 radical (unpaired) electrons. The molecule has 0 aliphatic heterocycles. The summed E-state index contributed by atoms with van der Waals surface area (Å²) in [6.45, 7) is 7.37. The number of rotatable bonds is 5. The largest absolute Gasteiger partial charge is 0.421 e. The number of anilines is 1. The number of nitrogen functional groups attached to an aromatic ring is 1. The van der Waals surface area contributed by atoms with Crippen LogP contribution in [0.25, 0.3) is 12.2 Å². The number of benzene rings is 1. The lowest BCUT2D eigenvalue weighted by Gasteiger charge is -2.13. The predicted octanol–water partition coefficient (Wildman–Crippen LogP) is 2.41. The Labute approximate surface area is 150 Å². The van der Waals surface area contributed by atoms with E-state index in [1.54, 1.807) is 24.3 Å². The zero-order valence-corrected chi connectivity index (χ0v) is 13.9. The molecule has 0 unspecified atom stereocenters. The molecule has 0 fully saturated rings. The van der Waals surface area contributed by atoms with Gasteiger partial charge in [-0.05, 0) is 24.3 Å².